The van der Waals surface area contributed by atoms with Crippen LogP contribution in [-0.4, -0.2) is 42.0 Å². The molecule has 1 aromatic rings. The van der Waals surface area contributed by atoms with Gasteiger partial charge in [0.25, 0.3) is 0 Å². The van der Waals surface area contributed by atoms with Crippen LogP contribution in [-0.2, 0) is 6.42 Å². The SMILES string of the molecule is CNC(=S)NCCNCCc1nnc(N)s1. The number of aromatic nitrogens is 2. The van der Waals surface area contributed by atoms with E-state index in [1.54, 1.807) is 7.05 Å². The Labute approximate surface area is 104 Å². The topological polar surface area (TPSA) is 87.9 Å². The van der Waals surface area contributed by atoms with Crippen LogP contribution >= 0.6 is 23.6 Å². The van der Waals surface area contributed by atoms with E-state index in [0.717, 1.165) is 31.1 Å². The summed E-state index contributed by atoms with van der Waals surface area (Å²) in [6.07, 6.45) is 0.853. The van der Waals surface area contributed by atoms with Gasteiger partial charge in [-0.15, -0.1) is 10.2 Å². The minimum Gasteiger partial charge on any atom is -0.374 e. The van der Waals surface area contributed by atoms with Crippen LogP contribution in [0.4, 0.5) is 5.13 Å². The van der Waals surface area contributed by atoms with Crippen molar-refractivity contribution in [3.05, 3.63) is 5.01 Å². The molecule has 1 rings (SSSR count). The molecule has 0 radical (unpaired) electrons. The lowest BCUT2D eigenvalue weighted by molar-refractivity contribution is 0.663. The van der Waals surface area contributed by atoms with E-state index < -0.39 is 0 Å². The number of rotatable bonds is 6. The Morgan fingerprint density at radius 3 is 2.81 bits per heavy atom. The predicted octanol–water partition coefficient (Wildman–Crippen LogP) is -0.654. The lowest BCUT2D eigenvalue weighted by Gasteiger charge is -2.07. The molecule has 5 N–H and O–H groups in total. The first-order valence-corrected chi connectivity index (χ1v) is 6.19. The fraction of sp³-hybridized carbons (Fsp3) is 0.625. The van der Waals surface area contributed by atoms with E-state index in [1.807, 2.05) is 0 Å². The standard InChI is InChI=1S/C8H16N6S2/c1-10-8(15)12-5-4-11-3-2-6-13-14-7(9)16-6/h11H,2-5H2,1H3,(H2,9,14)(H2,10,12,15). The van der Waals surface area contributed by atoms with Crippen LogP contribution < -0.4 is 21.7 Å². The maximum Gasteiger partial charge on any atom is 0.203 e. The molecule has 1 heterocycles. The average Bonchev–Trinajstić information content (AvgIpc) is 2.69. The summed E-state index contributed by atoms with van der Waals surface area (Å²) in [5, 5.41) is 19.0. The van der Waals surface area contributed by atoms with Gasteiger partial charge in [-0.2, -0.15) is 0 Å². The summed E-state index contributed by atoms with van der Waals surface area (Å²) in [6, 6.07) is 0. The van der Waals surface area contributed by atoms with Crippen molar-refractivity contribution in [2.45, 2.75) is 6.42 Å². The third-order valence-electron chi connectivity index (χ3n) is 1.81. The number of hydrogen-bond donors (Lipinski definition) is 4. The Morgan fingerprint density at radius 1 is 1.38 bits per heavy atom. The molecule has 0 unspecified atom stereocenters. The van der Waals surface area contributed by atoms with Crippen molar-refractivity contribution < 1.29 is 0 Å². The molecule has 0 saturated heterocycles. The largest absolute Gasteiger partial charge is 0.374 e. The van der Waals surface area contributed by atoms with Gasteiger partial charge in [-0.3, -0.25) is 0 Å². The van der Waals surface area contributed by atoms with E-state index in [-0.39, 0.29) is 0 Å². The van der Waals surface area contributed by atoms with E-state index in [2.05, 4.69) is 26.1 Å². The summed E-state index contributed by atoms with van der Waals surface area (Å²) >= 11 is 6.36. The molecule has 6 nitrogen and oxygen atoms in total. The first-order valence-electron chi connectivity index (χ1n) is 4.96. The summed E-state index contributed by atoms with van der Waals surface area (Å²) in [4.78, 5) is 0. The first-order chi connectivity index (χ1) is 7.72. The van der Waals surface area contributed by atoms with Crippen LogP contribution in [0.15, 0.2) is 0 Å². The Bertz CT molecular complexity index is 326. The zero-order valence-corrected chi connectivity index (χ0v) is 10.7. The summed E-state index contributed by atoms with van der Waals surface area (Å²) in [5.41, 5.74) is 5.47. The molecule has 0 amide bonds. The highest BCUT2D eigenvalue weighted by atomic mass is 32.1. The Morgan fingerprint density at radius 2 is 2.19 bits per heavy atom. The van der Waals surface area contributed by atoms with E-state index in [4.69, 9.17) is 18.0 Å². The van der Waals surface area contributed by atoms with Gasteiger partial charge in [-0.05, 0) is 12.2 Å². The van der Waals surface area contributed by atoms with Gasteiger partial charge in [0.1, 0.15) is 5.01 Å². The molecule has 0 spiro atoms. The average molecular weight is 260 g/mol. The number of hydrogen-bond acceptors (Lipinski definition) is 6. The van der Waals surface area contributed by atoms with Gasteiger partial charge in [0.2, 0.25) is 5.13 Å². The summed E-state index contributed by atoms with van der Waals surface area (Å²) in [6.45, 7) is 2.52. The number of nitrogen functional groups attached to an aromatic ring is 1. The third-order valence-corrected chi connectivity index (χ3v) is 2.97. The molecule has 16 heavy (non-hydrogen) atoms. The fourth-order valence-electron chi connectivity index (χ4n) is 1.04. The molecule has 0 atom stereocenters. The Balaban J connectivity index is 1.98. The number of nitrogens with one attached hydrogen (secondary N) is 3. The smallest absolute Gasteiger partial charge is 0.203 e. The molecular weight excluding hydrogens is 244 g/mol. The normalized spacial score (nSPS) is 10.1. The van der Waals surface area contributed by atoms with Crippen molar-refractivity contribution >= 4 is 33.8 Å². The van der Waals surface area contributed by atoms with Crippen LogP contribution in [0.2, 0.25) is 0 Å². The minimum atomic E-state index is 0.524. The van der Waals surface area contributed by atoms with Crippen molar-refractivity contribution in [1.29, 1.82) is 0 Å². The van der Waals surface area contributed by atoms with E-state index in [1.165, 1.54) is 11.3 Å². The lowest BCUT2D eigenvalue weighted by Crippen LogP contribution is -2.37. The second kappa shape index (κ2) is 7.31. The minimum absolute atomic E-state index is 0.524. The van der Waals surface area contributed by atoms with Gasteiger partial charge in [0.15, 0.2) is 5.11 Å². The maximum atomic E-state index is 5.47. The van der Waals surface area contributed by atoms with Crippen molar-refractivity contribution in [2.75, 3.05) is 32.4 Å². The van der Waals surface area contributed by atoms with Crippen molar-refractivity contribution in [2.24, 2.45) is 0 Å². The zero-order chi connectivity index (χ0) is 11.8. The van der Waals surface area contributed by atoms with Gasteiger partial charge in [0.05, 0.1) is 0 Å². The number of nitrogens with two attached hydrogens (primary N) is 1. The molecule has 8 heteroatoms. The van der Waals surface area contributed by atoms with Gasteiger partial charge in [-0.25, -0.2) is 0 Å². The van der Waals surface area contributed by atoms with Gasteiger partial charge >= 0.3 is 0 Å². The predicted molar refractivity (Wildman–Crippen MR) is 70.6 cm³/mol. The summed E-state index contributed by atoms with van der Waals surface area (Å²) in [5.74, 6) is 0. The monoisotopic (exact) mass is 260 g/mol. The van der Waals surface area contributed by atoms with Crippen LogP contribution in [0.5, 0.6) is 0 Å². The Hall–Kier alpha value is -0.990. The van der Waals surface area contributed by atoms with Crippen molar-refractivity contribution in [3.8, 4) is 0 Å². The maximum absolute atomic E-state index is 5.47. The third kappa shape index (κ3) is 5.19. The highest BCUT2D eigenvalue weighted by Gasteiger charge is 1.99. The van der Waals surface area contributed by atoms with Crippen LogP contribution in [0, 0.1) is 0 Å². The molecule has 1 aromatic heterocycles. The molecular formula is C8H16N6S2. The van der Waals surface area contributed by atoms with Gasteiger partial charge in [-0.1, -0.05) is 11.3 Å². The molecule has 0 saturated carbocycles. The second-order valence-electron chi connectivity index (χ2n) is 3.04. The number of anilines is 1. The molecule has 0 fully saturated rings. The summed E-state index contributed by atoms with van der Waals surface area (Å²) < 4.78 is 0. The lowest BCUT2D eigenvalue weighted by atomic mass is 10.4. The van der Waals surface area contributed by atoms with Gasteiger partial charge in [0, 0.05) is 33.1 Å². The highest BCUT2D eigenvalue weighted by Crippen LogP contribution is 2.10. The molecule has 0 aromatic carbocycles. The first kappa shape index (κ1) is 13.1. The summed E-state index contributed by atoms with van der Waals surface area (Å²) in [7, 11) is 1.79. The second-order valence-corrected chi connectivity index (χ2v) is 4.54. The van der Waals surface area contributed by atoms with Crippen LogP contribution in [0.25, 0.3) is 0 Å². The highest BCUT2D eigenvalue weighted by molar-refractivity contribution is 7.80. The van der Waals surface area contributed by atoms with Crippen molar-refractivity contribution in [1.82, 2.24) is 26.1 Å². The van der Waals surface area contributed by atoms with Crippen LogP contribution in [0.3, 0.4) is 0 Å². The van der Waals surface area contributed by atoms with E-state index in [0.29, 0.717) is 10.2 Å². The van der Waals surface area contributed by atoms with Crippen molar-refractivity contribution in [3.63, 3.8) is 0 Å². The Kier molecular flexibility index (Phi) is 5.98. The van der Waals surface area contributed by atoms with E-state index >= 15 is 0 Å². The quantitative estimate of drug-likeness (QED) is 0.399. The van der Waals surface area contributed by atoms with E-state index in [9.17, 15) is 0 Å². The molecule has 0 bridgehead atoms. The van der Waals surface area contributed by atoms with Crippen LogP contribution in [0.1, 0.15) is 5.01 Å². The number of thiocarbonyl (C=S) groups is 1. The number of nitrogens with zero attached hydrogens (tertiary/aromatic N) is 2. The molecule has 90 valence electrons. The molecule has 0 aliphatic heterocycles. The molecule has 0 aliphatic carbocycles. The fourth-order valence-corrected chi connectivity index (χ4v) is 1.75. The molecule has 0 aliphatic rings. The van der Waals surface area contributed by atoms with Gasteiger partial charge < -0.3 is 21.7 Å². The zero-order valence-electron chi connectivity index (χ0n) is 9.12.